The van der Waals surface area contributed by atoms with Crippen LogP contribution in [0.25, 0.3) is 0 Å². The van der Waals surface area contributed by atoms with Crippen LogP contribution < -0.4 is 10.9 Å². The number of benzene rings is 1. The summed E-state index contributed by atoms with van der Waals surface area (Å²) in [4.78, 5) is 11.7. The minimum Gasteiger partial charge on any atom is -0.380 e. The lowest BCUT2D eigenvalue weighted by molar-refractivity contribution is -0.139. The molecule has 5 heteroatoms. The van der Waals surface area contributed by atoms with Gasteiger partial charge in [-0.3, -0.25) is 15.6 Å². The number of carbonyl (C=O) groups is 1. The van der Waals surface area contributed by atoms with E-state index in [0.717, 1.165) is 10.2 Å². The first-order valence-corrected chi connectivity index (χ1v) is 6.35. The van der Waals surface area contributed by atoms with E-state index in [1.165, 1.54) is 0 Å². The Kier molecular flexibility index (Phi) is 4.96. The number of hydrogen-bond donors (Lipinski definition) is 3. The lowest BCUT2D eigenvalue weighted by Crippen LogP contribution is -2.48. The Bertz CT molecular complexity index is 375. The zero-order valence-corrected chi connectivity index (χ0v) is 11.5. The molecule has 0 spiro atoms. The maximum absolute atomic E-state index is 11.7. The van der Waals surface area contributed by atoms with Gasteiger partial charge >= 0.3 is 0 Å². The smallest absolute Gasteiger partial charge is 0.270 e. The third kappa shape index (κ3) is 3.71. The summed E-state index contributed by atoms with van der Waals surface area (Å²) < 4.78 is 0.966. The molecular weight excluding hydrogens is 284 g/mol. The molecule has 0 radical (unpaired) electrons. The normalized spacial score (nSPS) is 11.1. The second-order valence-electron chi connectivity index (χ2n) is 3.82. The zero-order valence-electron chi connectivity index (χ0n) is 9.96. The van der Waals surface area contributed by atoms with Gasteiger partial charge in [-0.25, -0.2) is 0 Å². The highest BCUT2D eigenvalue weighted by Crippen LogP contribution is 2.16. The number of rotatable bonds is 5. The van der Waals surface area contributed by atoms with Crippen LogP contribution in [0.2, 0.25) is 0 Å². The Balaban J connectivity index is 2.56. The summed E-state index contributed by atoms with van der Waals surface area (Å²) in [6.45, 7) is 3.56. The number of aliphatic hydroxyl groups is 1. The molecule has 0 aromatic heterocycles. The zero-order chi connectivity index (χ0) is 12.9. The molecule has 0 bridgehead atoms. The van der Waals surface area contributed by atoms with E-state index in [-0.39, 0.29) is 0 Å². The largest absolute Gasteiger partial charge is 0.380 e. The number of carbonyl (C=O) groups excluding carboxylic acids is 1. The first-order valence-electron chi connectivity index (χ1n) is 5.56. The molecule has 94 valence electrons. The van der Waals surface area contributed by atoms with Gasteiger partial charge in [0, 0.05) is 4.47 Å². The van der Waals surface area contributed by atoms with Gasteiger partial charge in [0.25, 0.3) is 5.91 Å². The van der Waals surface area contributed by atoms with E-state index in [1.807, 2.05) is 24.3 Å². The van der Waals surface area contributed by atoms with Crippen molar-refractivity contribution in [1.29, 1.82) is 0 Å². The first-order chi connectivity index (χ1) is 8.01. The highest BCUT2D eigenvalue weighted by molar-refractivity contribution is 9.10. The second kappa shape index (κ2) is 6.02. The van der Waals surface area contributed by atoms with E-state index in [4.69, 9.17) is 0 Å². The van der Waals surface area contributed by atoms with Crippen LogP contribution in [0.5, 0.6) is 0 Å². The van der Waals surface area contributed by atoms with Crippen molar-refractivity contribution in [3.05, 3.63) is 28.7 Å². The number of halogens is 1. The van der Waals surface area contributed by atoms with Crippen molar-refractivity contribution in [3.8, 4) is 0 Å². The van der Waals surface area contributed by atoms with Gasteiger partial charge in [-0.2, -0.15) is 0 Å². The van der Waals surface area contributed by atoms with Gasteiger partial charge in [-0.05, 0) is 37.1 Å². The molecule has 0 aliphatic carbocycles. The lowest BCUT2D eigenvalue weighted by Gasteiger charge is -2.24. The van der Waals surface area contributed by atoms with Crippen molar-refractivity contribution < 1.29 is 9.90 Å². The van der Waals surface area contributed by atoms with Crippen molar-refractivity contribution in [2.45, 2.75) is 32.3 Å². The molecule has 17 heavy (non-hydrogen) atoms. The first kappa shape index (κ1) is 14.0. The highest BCUT2D eigenvalue weighted by Gasteiger charge is 2.31. The summed E-state index contributed by atoms with van der Waals surface area (Å²) >= 11 is 3.32. The molecule has 1 aromatic rings. The quantitative estimate of drug-likeness (QED) is 0.732. The van der Waals surface area contributed by atoms with Gasteiger partial charge in [-0.15, -0.1) is 0 Å². The van der Waals surface area contributed by atoms with Gasteiger partial charge < -0.3 is 5.11 Å². The topological polar surface area (TPSA) is 61.4 Å². The summed E-state index contributed by atoms with van der Waals surface area (Å²) in [5.41, 5.74) is 4.73. The molecule has 0 unspecified atom stereocenters. The molecule has 0 aliphatic heterocycles. The SMILES string of the molecule is CCC(O)(CC)C(=O)NNc1ccc(Br)cc1. The Morgan fingerprint density at radius 1 is 1.29 bits per heavy atom. The Labute approximate surface area is 110 Å². The van der Waals surface area contributed by atoms with Crippen LogP contribution in [-0.4, -0.2) is 16.6 Å². The van der Waals surface area contributed by atoms with Gasteiger partial charge in [0.1, 0.15) is 5.60 Å². The minimum atomic E-state index is -1.30. The van der Waals surface area contributed by atoms with E-state index in [9.17, 15) is 9.90 Å². The Hall–Kier alpha value is -1.07. The molecular formula is C12H17BrN2O2. The van der Waals surface area contributed by atoms with Crippen molar-refractivity contribution in [3.63, 3.8) is 0 Å². The van der Waals surface area contributed by atoms with Gasteiger partial charge in [0.2, 0.25) is 0 Å². The summed E-state index contributed by atoms with van der Waals surface area (Å²) in [5, 5.41) is 9.96. The number of hydrogen-bond acceptors (Lipinski definition) is 3. The highest BCUT2D eigenvalue weighted by atomic mass is 79.9. The van der Waals surface area contributed by atoms with E-state index < -0.39 is 11.5 Å². The third-order valence-electron chi connectivity index (χ3n) is 2.76. The molecule has 0 fully saturated rings. The fourth-order valence-corrected chi connectivity index (χ4v) is 1.61. The van der Waals surface area contributed by atoms with Crippen molar-refractivity contribution in [2.24, 2.45) is 0 Å². The predicted octanol–water partition coefficient (Wildman–Crippen LogP) is 2.44. The number of nitrogens with one attached hydrogen (secondary N) is 2. The molecule has 0 aliphatic rings. The average Bonchev–Trinajstić information content (AvgIpc) is 2.36. The fourth-order valence-electron chi connectivity index (χ4n) is 1.35. The maximum atomic E-state index is 11.7. The van der Waals surface area contributed by atoms with E-state index in [1.54, 1.807) is 13.8 Å². The molecule has 1 amide bonds. The van der Waals surface area contributed by atoms with Crippen LogP contribution >= 0.6 is 15.9 Å². The monoisotopic (exact) mass is 300 g/mol. The molecule has 0 saturated heterocycles. The van der Waals surface area contributed by atoms with E-state index >= 15 is 0 Å². The third-order valence-corrected chi connectivity index (χ3v) is 3.29. The number of amides is 1. The molecule has 1 rings (SSSR count). The van der Waals surface area contributed by atoms with Crippen molar-refractivity contribution >= 4 is 27.5 Å². The number of hydrazine groups is 1. The van der Waals surface area contributed by atoms with Crippen molar-refractivity contribution in [2.75, 3.05) is 5.43 Å². The summed E-state index contributed by atoms with van der Waals surface area (Å²) in [6, 6.07) is 7.36. The molecule has 4 nitrogen and oxygen atoms in total. The second-order valence-corrected chi connectivity index (χ2v) is 4.74. The van der Waals surface area contributed by atoms with Crippen LogP contribution in [0.4, 0.5) is 5.69 Å². The van der Waals surface area contributed by atoms with Crippen LogP contribution in [0.3, 0.4) is 0 Å². The van der Waals surface area contributed by atoms with E-state index in [0.29, 0.717) is 12.8 Å². The summed E-state index contributed by atoms with van der Waals surface area (Å²) in [5.74, 6) is -0.412. The van der Waals surface area contributed by atoms with Gasteiger partial charge in [0.15, 0.2) is 0 Å². The molecule has 3 N–H and O–H groups in total. The van der Waals surface area contributed by atoms with Crippen LogP contribution in [0.1, 0.15) is 26.7 Å². The van der Waals surface area contributed by atoms with E-state index in [2.05, 4.69) is 26.8 Å². The van der Waals surface area contributed by atoms with Crippen molar-refractivity contribution in [1.82, 2.24) is 5.43 Å². The molecule has 0 saturated carbocycles. The molecule has 0 atom stereocenters. The standard InChI is InChI=1S/C12H17BrN2O2/c1-3-12(17,4-2)11(16)15-14-10-7-5-9(13)6-8-10/h5-8,14,17H,3-4H2,1-2H3,(H,15,16). The summed E-state index contributed by atoms with van der Waals surface area (Å²) in [6.07, 6.45) is 0.773. The molecule has 1 aromatic carbocycles. The molecule has 0 heterocycles. The van der Waals surface area contributed by atoms with Gasteiger partial charge in [0.05, 0.1) is 5.69 Å². The minimum absolute atomic E-state index is 0.386. The summed E-state index contributed by atoms with van der Waals surface area (Å²) in [7, 11) is 0. The maximum Gasteiger partial charge on any atom is 0.270 e. The van der Waals surface area contributed by atoms with Crippen LogP contribution in [0.15, 0.2) is 28.7 Å². The average molecular weight is 301 g/mol. The lowest BCUT2D eigenvalue weighted by atomic mass is 9.97. The van der Waals surface area contributed by atoms with Crippen LogP contribution in [-0.2, 0) is 4.79 Å². The fraction of sp³-hybridized carbons (Fsp3) is 0.417. The number of anilines is 1. The predicted molar refractivity (Wildman–Crippen MR) is 71.4 cm³/mol. The van der Waals surface area contributed by atoms with Crippen LogP contribution in [0, 0.1) is 0 Å². The van der Waals surface area contributed by atoms with Gasteiger partial charge in [-0.1, -0.05) is 29.8 Å². The Morgan fingerprint density at radius 2 is 1.82 bits per heavy atom. The Morgan fingerprint density at radius 3 is 2.29 bits per heavy atom.